The molecule has 6 nitrogen and oxygen atoms in total. The fraction of sp³-hybridized carbons (Fsp3) is 0.348. The number of nitrogens with two attached hydrogens (primary N) is 1. The fourth-order valence-electron chi connectivity index (χ4n) is 4.46. The van der Waals surface area contributed by atoms with Gasteiger partial charge in [0.2, 0.25) is 0 Å². The van der Waals surface area contributed by atoms with E-state index >= 15 is 0 Å². The summed E-state index contributed by atoms with van der Waals surface area (Å²) in [6, 6.07) is 10.6. The molecule has 1 aromatic heterocycles. The lowest BCUT2D eigenvalue weighted by atomic mass is 9.89. The summed E-state index contributed by atoms with van der Waals surface area (Å²) in [5.41, 5.74) is 7.87. The molecule has 0 unspecified atom stereocenters. The first-order chi connectivity index (χ1) is 14.5. The first-order valence-electron chi connectivity index (χ1n) is 9.88. The van der Waals surface area contributed by atoms with Crippen molar-refractivity contribution >= 4 is 22.6 Å². The number of ether oxygens (including phenoxy) is 2. The van der Waals surface area contributed by atoms with Gasteiger partial charge in [0.1, 0.15) is 28.2 Å². The van der Waals surface area contributed by atoms with Gasteiger partial charge in [-0.1, -0.05) is 23.7 Å². The van der Waals surface area contributed by atoms with Crippen LogP contribution in [0.5, 0.6) is 11.5 Å². The van der Waals surface area contributed by atoms with E-state index < -0.39 is 0 Å². The number of nitrogens with zero attached hydrogens (tertiary/aromatic N) is 1. The lowest BCUT2D eigenvalue weighted by Crippen LogP contribution is -2.35. The number of benzene rings is 2. The largest absolute Gasteiger partial charge is 0.496 e. The van der Waals surface area contributed by atoms with E-state index in [9.17, 15) is 4.79 Å². The van der Waals surface area contributed by atoms with Crippen molar-refractivity contribution in [1.82, 2.24) is 4.90 Å². The maximum Gasteiger partial charge on any atom is 0.197 e. The molecule has 2 heterocycles. The summed E-state index contributed by atoms with van der Waals surface area (Å²) >= 11 is 6.38. The normalized spacial score (nSPS) is 19.4. The summed E-state index contributed by atoms with van der Waals surface area (Å²) in [6.45, 7) is 1.39. The molecule has 1 aliphatic heterocycles. The zero-order valence-electron chi connectivity index (χ0n) is 17.3. The molecule has 0 saturated carbocycles. The Morgan fingerprint density at radius 1 is 1.20 bits per heavy atom. The van der Waals surface area contributed by atoms with Crippen LogP contribution in [0.15, 0.2) is 45.6 Å². The monoisotopic (exact) mass is 428 g/mol. The van der Waals surface area contributed by atoms with Crippen LogP contribution in [-0.2, 0) is 0 Å². The number of rotatable bonds is 5. The van der Waals surface area contributed by atoms with Crippen LogP contribution in [0, 0.1) is 0 Å². The van der Waals surface area contributed by atoms with Crippen molar-refractivity contribution in [2.24, 2.45) is 5.73 Å². The number of likely N-dealkylation sites (N-methyl/N-ethyl adjacent to an activating group) is 1. The summed E-state index contributed by atoms with van der Waals surface area (Å²) in [4.78, 5) is 15.4. The van der Waals surface area contributed by atoms with Crippen molar-refractivity contribution in [2.45, 2.75) is 18.4 Å². The fourth-order valence-corrected chi connectivity index (χ4v) is 4.69. The van der Waals surface area contributed by atoms with Crippen LogP contribution in [0.4, 0.5) is 0 Å². The molecule has 158 valence electrons. The minimum atomic E-state index is -0.192. The van der Waals surface area contributed by atoms with E-state index in [2.05, 4.69) is 11.9 Å². The number of methoxy groups -OCH3 is 2. The van der Waals surface area contributed by atoms with Gasteiger partial charge in [-0.3, -0.25) is 4.79 Å². The van der Waals surface area contributed by atoms with Gasteiger partial charge in [-0.15, -0.1) is 0 Å². The maximum atomic E-state index is 13.2. The van der Waals surface area contributed by atoms with Crippen LogP contribution >= 0.6 is 11.6 Å². The minimum Gasteiger partial charge on any atom is -0.496 e. The zero-order chi connectivity index (χ0) is 21.4. The van der Waals surface area contributed by atoms with Crippen LogP contribution in [0.3, 0.4) is 0 Å². The predicted molar refractivity (Wildman–Crippen MR) is 119 cm³/mol. The first-order valence-corrected chi connectivity index (χ1v) is 10.3. The quantitative estimate of drug-likeness (QED) is 0.664. The second-order valence-electron chi connectivity index (χ2n) is 7.53. The highest BCUT2D eigenvalue weighted by Crippen LogP contribution is 2.45. The van der Waals surface area contributed by atoms with Gasteiger partial charge in [-0.25, -0.2) is 0 Å². The van der Waals surface area contributed by atoms with Gasteiger partial charge in [0.15, 0.2) is 5.43 Å². The molecule has 0 bridgehead atoms. The molecule has 7 heteroatoms. The summed E-state index contributed by atoms with van der Waals surface area (Å²) in [7, 11) is 5.19. The highest BCUT2D eigenvalue weighted by Gasteiger charge is 2.36. The van der Waals surface area contributed by atoms with Crippen molar-refractivity contribution in [1.29, 1.82) is 0 Å². The Labute approximate surface area is 180 Å². The van der Waals surface area contributed by atoms with Gasteiger partial charge < -0.3 is 24.5 Å². The smallest absolute Gasteiger partial charge is 0.197 e. The van der Waals surface area contributed by atoms with Crippen LogP contribution in [0.25, 0.3) is 22.3 Å². The van der Waals surface area contributed by atoms with E-state index in [1.54, 1.807) is 19.2 Å². The Morgan fingerprint density at radius 2 is 1.93 bits per heavy atom. The molecule has 4 rings (SSSR count). The summed E-state index contributed by atoms with van der Waals surface area (Å²) in [6.07, 6.45) is 0.885. The average Bonchev–Trinajstić information content (AvgIpc) is 3.12. The molecule has 1 aliphatic rings. The van der Waals surface area contributed by atoms with Gasteiger partial charge in [0.25, 0.3) is 0 Å². The minimum absolute atomic E-state index is 0.0630. The predicted octanol–water partition coefficient (Wildman–Crippen LogP) is 3.88. The molecular formula is C23H25ClN2O4. The molecule has 0 aliphatic carbocycles. The van der Waals surface area contributed by atoms with E-state index in [1.165, 1.54) is 13.2 Å². The molecule has 2 N–H and O–H groups in total. The highest BCUT2D eigenvalue weighted by atomic mass is 35.5. The van der Waals surface area contributed by atoms with Crippen LogP contribution in [0.2, 0.25) is 5.02 Å². The van der Waals surface area contributed by atoms with E-state index in [1.807, 2.05) is 18.2 Å². The van der Waals surface area contributed by atoms with Crippen molar-refractivity contribution in [2.75, 3.05) is 34.4 Å². The van der Waals surface area contributed by atoms with Gasteiger partial charge in [-0.05, 0) is 32.1 Å². The van der Waals surface area contributed by atoms with Crippen LogP contribution in [0.1, 0.15) is 17.9 Å². The second kappa shape index (κ2) is 8.30. The molecule has 0 spiro atoms. The van der Waals surface area contributed by atoms with Crippen molar-refractivity contribution in [3.8, 4) is 22.8 Å². The third-order valence-corrected chi connectivity index (χ3v) is 6.31. The zero-order valence-corrected chi connectivity index (χ0v) is 18.0. The third kappa shape index (κ3) is 3.35. The van der Waals surface area contributed by atoms with E-state index in [-0.39, 0.29) is 17.4 Å². The molecule has 30 heavy (non-hydrogen) atoms. The Hall–Kier alpha value is -2.54. The number of hydrogen-bond acceptors (Lipinski definition) is 6. The Balaban J connectivity index is 2.07. The van der Waals surface area contributed by atoms with Crippen LogP contribution in [-0.4, -0.2) is 45.3 Å². The van der Waals surface area contributed by atoms with Crippen molar-refractivity contribution < 1.29 is 13.9 Å². The lowest BCUT2D eigenvalue weighted by molar-refractivity contribution is 0.300. The van der Waals surface area contributed by atoms with Gasteiger partial charge >= 0.3 is 0 Å². The molecule has 2 aromatic carbocycles. The molecule has 1 fully saturated rings. The van der Waals surface area contributed by atoms with Crippen molar-refractivity contribution in [3.05, 3.63) is 57.2 Å². The summed E-state index contributed by atoms with van der Waals surface area (Å²) in [5, 5.41) is 0.909. The van der Waals surface area contributed by atoms with Gasteiger partial charge in [0.05, 0.1) is 19.2 Å². The summed E-state index contributed by atoms with van der Waals surface area (Å²) < 4.78 is 17.6. The second-order valence-corrected chi connectivity index (χ2v) is 7.94. The molecule has 2 atom stereocenters. The number of halogens is 1. The first kappa shape index (κ1) is 20.7. The standard InChI is InChI=1S/C23H25ClN2O4/c1-26-9-8-14(16(26)12-25)21-19(28-2)11-20(29-3)22-17(27)10-18(30-23(21)22)13-6-4-5-7-15(13)24/h4-7,10-11,14,16H,8-9,12,25H2,1-3H3/t14-,16+/m0/s1. The Morgan fingerprint density at radius 3 is 2.60 bits per heavy atom. The van der Waals surface area contributed by atoms with Gasteiger partial charge in [0, 0.05) is 41.8 Å². The van der Waals surface area contributed by atoms with E-state index in [4.69, 9.17) is 31.2 Å². The van der Waals surface area contributed by atoms with Gasteiger partial charge in [-0.2, -0.15) is 0 Å². The number of fused-ring (bicyclic) bond motifs is 1. The van der Waals surface area contributed by atoms with E-state index in [0.717, 1.165) is 18.5 Å². The highest BCUT2D eigenvalue weighted by molar-refractivity contribution is 6.33. The topological polar surface area (TPSA) is 77.9 Å². The number of likely N-dealkylation sites (tertiary alicyclic amines) is 1. The maximum absolute atomic E-state index is 13.2. The molecule has 0 amide bonds. The molecule has 1 saturated heterocycles. The molecule has 3 aromatic rings. The Bertz CT molecular complexity index is 1140. The third-order valence-electron chi connectivity index (χ3n) is 5.98. The van der Waals surface area contributed by atoms with E-state index in [0.29, 0.717) is 45.4 Å². The van der Waals surface area contributed by atoms with Crippen LogP contribution < -0.4 is 20.6 Å². The average molecular weight is 429 g/mol. The Kier molecular flexibility index (Phi) is 5.73. The molecular weight excluding hydrogens is 404 g/mol. The summed E-state index contributed by atoms with van der Waals surface area (Å²) in [5.74, 6) is 1.51. The van der Waals surface area contributed by atoms with Crippen molar-refractivity contribution in [3.63, 3.8) is 0 Å². The molecule has 0 radical (unpaired) electrons. The number of hydrogen-bond donors (Lipinski definition) is 1. The lowest BCUT2D eigenvalue weighted by Gasteiger charge is -2.26. The SMILES string of the molecule is COc1cc(OC)c2c(=O)cc(-c3ccccc3Cl)oc2c1[C@H]1CCN(C)[C@@H]1CN.